The van der Waals surface area contributed by atoms with E-state index >= 15 is 0 Å². The van der Waals surface area contributed by atoms with Gasteiger partial charge in [-0.3, -0.25) is 0 Å². The molecule has 0 aromatic carbocycles. The van der Waals surface area contributed by atoms with Crippen molar-refractivity contribution in [1.29, 1.82) is 0 Å². The van der Waals surface area contributed by atoms with E-state index in [9.17, 15) is 0 Å². The predicted octanol–water partition coefficient (Wildman–Crippen LogP) is 1.93. The maximum Gasteiger partial charge on any atom is 0.0768 e. The van der Waals surface area contributed by atoms with E-state index in [1.807, 2.05) is 0 Å². The van der Waals surface area contributed by atoms with Crippen LogP contribution in [0.2, 0.25) is 0 Å². The van der Waals surface area contributed by atoms with Crippen molar-refractivity contribution < 1.29 is 4.74 Å². The molecule has 0 amide bonds. The first-order chi connectivity index (χ1) is 5.88. The van der Waals surface area contributed by atoms with Crippen LogP contribution >= 0.6 is 11.3 Å². The smallest absolute Gasteiger partial charge is 0.0768 e. The Balaban J connectivity index is 2.04. The summed E-state index contributed by atoms with van der Waals surface area (Å²) in [5.41, 5.74) is 7.24. The highest BCUT2D eigenvalue weighted by Crippen LogP contribution is 2.25. The van der Waals surface area contributed by atoms with Crippen LogP contribution in [0.1, 0.15) is 24.4 Å². The molecule has 2 atom stereocenters. The van der Waals surface area contributed by atoms with Crippen LogP contribution in [0.15, 0.2) is 16.8 Å². The largest absolute Gasteiger partial charge is 0.376 e. The van der Waals surface area contributed by atoms with Crippen molar-refractivity contribution in [3.63, 3.8) is 0 Å². The van der Waals surface area contributed by atoms with Gasteiger partial charge in [0.25, 0.3) is 0 Å². The van der Waals surface area contributed by atoms with Gasteiger partial charge in [0.05, 0.1) is 12.1 Å². The van der Waals surface area contributed by atoms with E-state index in [-0.39, 0.29) is 12.1 Å². The van der Waals surface area contributed by atoms with Gasteiger partial charge in [-0.15, -0.1) is 0 Å². The Morgan fingerprint density at radius 3 is 3.17 bits per heavy atom. The minimum absolute atomic E-state index is 0.0822. The highest BCUT2D eigenvalue weighted by atomic mass is 32.1. The molecule has 0 saturated carbocycles. The van der Waals surface area contributed by atoms with E-state index < -0.39 is 0 Å². The van der Waals surface area contributed by atoms with Gasteiger partial charge in [0.1, 0.15) is 0 Å². The molecule has 2 rings (SSSR count). The molecule has 2 nitrogen and oxygen atoms in total. The van der Waals surface area contributed by atoms with Gasteiger partial charge >= 0.3 is 0 Å². The van der Waals surface area contributed by atoms with Gasteiger partial charge in [-0.05, 0) is 35.2 Å². The number of hydrogen-bond donors (Lipinski definition) is 1. The van der Waals surface area contributed by atoms with Crippen molar-refractivity contribution in [1.82, 2.24) is 0 Å². The summed E-state index contributed by atoms with van der Waals surface area (Å²) < 4.78 is 5.52. The van der Waals surface area contributed by atoms with Crippen LogP contribution in [0.4, 0.5) is 0 Å². The topological polar surface area (TPSA) is 35.2 Å². The van der Waals surface area contributed by atoms with Crippen LogP contribution in [0.25, 0.3) is 0 Å². The minimum atomic E-state index is 0.0822. The van der Waals surface area contributed by atoms with Crippen LogP contribution in [0, 0.1) is 0 Å². The highest BCUT2D eigenvalue weighted by molar-refractivity contribution is 7.07. The number of nitrogens with two attached hydrogens (primary N) is 1. The second-order valence-corrected chi connectivity index (χ2v) is 3.91. The Labute approximate surface area is 76.3 Å². The normalized spacial score (nSPS) is 25.9. The lowest BCUT2D eigenvalue weighted by molar-refractivity contribution is 0.0901. The van der Waals surface area contributed by atoms with Crippen molar-refractivity contribution in [2.75, 3.05) is 6.61 Å². The van der Waals surface area contributed by atoms with Gasteiger partial charge in [0, 0.05) is 6.61 Å². The zero-order valence-electron chi connectivity index (χ0n) is 6.90. The average molecular weight is 183 g/mol. The second kappa shape index (κ2) is 3.56. The monoisotopic (exact) mass is 183 g/mol. The summed E-state index contributed by atoms with van der Waals surface area (Å²) in [6.45, 7) is 0.877. The fourth-order valence-corrected chi connectivity index (χ4v) is 2.27. The van der Waals surface area contributed by atoms with Crippen LogP contribution in [-0.4, -0.2) is 12.7 Å². The summed E-state index contributed by atoms with van der Waals surface area (Å²) in [4.78, 5) is 0. The first-order valence-corrected chi connectivity index (χ1v) is 5.21. The highest BCUT2D eigenvalue weighted by Gasteiger charge is 2.23. The zero-order chi connectivity index (χ0) is 8.39. The van der Waals surface area contributed by atoms with E-state index in [0.29, 0.717) is 0 Å². The molecule has 2 heterocycles. The van der Waals surface area contributed by atoms with E-state index in [1.54, 1.807) is 11.3 Å². The lowest BCUT2D eigenvalue weighted by Crippen LogP contribution is -2.24. The molecule has 2 unspecified atom stereocenters. The molecule has 1 aromatic rings. The molecule has 1 saturated heterocycles. The molecule has 0 spiro atoms. The molecule has 66 valence electrons. The molecule has 1 aliphatic heterocycles. The van der Waals surface area contributed by atoms with Crippen molar-refractivity contribution >= 4 is 11.3 Å². The minimum Gasteiger partial charge on any atom is -0.376 e. The summed E-state index contributed by atoms with van der Waals surface area (Å²) in [7, 11) is 0. The molecule has 0 bridgehead atoms. The van der Waals surface area contributed by atoms with E-state index in [1.165, 1.54) is 5.56 Å². The Morgan fingerprint density at radius 1 is 1.67 bits per heavy atom. The Kier molecular flexibility index (Phi) is 2.44. The second-order valence-electron chi connectivity index (χ2n) is 3.13. The quantitative estimate of drug-likeness (QED) is 0.760. The molecule has 0 radical (unpaired) electrons. The van der Waals surface area contributed by atoms with Crippen molar-refractivity contribution in [2.45, 2.75) is 25.0 Å². The van der Waals surface area contributed by atoms with E-state index in [4.69, 9.17) is 10.5 Å². The first kappa shape index (κ1) is 8.23. The Bertz CT molecular complexity index is 229. The van der Waals surface area contributed by atoms with Crippen LogP contribution in [0.3, 0.4) is 0 Å². The Hall–Kier alpha value is -0.380. The van der Waals surface area contributed by atoms with E-state index in [2.05, 4.69) is 16.8 Å². The third kappa shape index (κ3) is 1.53. The zero-order valence-corrected chi connectivity index (χ0v) is 7.72. The van der Waals surface area contributed by atoms with Gasteiger partial charge in [0.2, 0.25) is 0 Å². The molecule has 1 aromatic heterocycles. The van der Waals surface area contributed by atoms with Crippen LogP contribution < -0.4 is 5.73 Å². The van der Waals surface area contributed by atoms with Gasteiger partial charge in [-0.25, -0.2) is 0 Å². The van der Waals surface area contributed by atoms with Gasteiger partial charge in [-0.1, -0.05) is 0 Å². The Morgan fingerprint density at radius 2 is 2.58 bits per heavy atom. The van der Waals surface area contributed by atoms with Crippen molar-refractivity contribution in [2.24, 2.45) is 5.73 Å². The van der Waals surface area contributed by atoms with E-state index in [0.717, 1.165) is 19.4 Å². The summed E-state index contributed by atoms with van der Waals surface area (Å²) in [6.07, 6.45) is 2.51. The third-order valence-electron chi connectivity index (χ3n) is 2.29. The maximum absolute atomic E-state index is 6.03. The average Bonchev–Trinajstić information content (AvgIpc) is 2.77. The fraction of sp³-hybridized carbons (Fsp3) is 0.556. The summed E-state index contributed by atoms with van der Waals surface area (Å²) in [5, 5.41) is 4.16. The molecule has 1 aliphatic rings. The molecular weight excluding hydrogens is 170 g/mol. The molecule has 12 heavy (non-hydrogen) atoms. The lowest BCUT2D eigenvalue weighted by Gasteiger charge is -2.16. The molecule has 3 heteroatoms. The summed E-state index contributed by atoms with van der Waals surface area (Å²) >= 11 is 1.69. The predicted molar refractivity (Wildman–Crippen MR) is 50.2 cm³/mol. The lowest BCUT2D eigenvalue weighted by atomic mass is 10.0. The third-order valence-corrected chi connectivity index (χ3v) is 2.99. The molecule has 0 aliphatic carbocycles. The number of ether oxygens (including phenoxy) is 1. The van der Waals surface area contributed by atoms with Crippen LogP contribution in [0.5, 0.6) is 0 Å². The van der Waals surface area contributed by atoms with Gasteiger partial charge < -0.3 is 10.5 Å². The van der Waals surface area contributed by atoms with Crippen molar-refractivity contribution in [3.8, 4) is 0 Å². The van der Waals surface area contributed by atoms with Gasteiger partial charge in [-0.2, -0.15) is 11.3 Å². The standard InChI is InChI=1S/C9H13NOS/c10-9(7-3-5-12-6-7)8-2-1-4-11-8/h3,5-6,8-9H,1-2,4,10H2. The molecule has 2 N–H and O–H groups in total. The maximum atomic E-state index is 6.03. The summed E-state index contributed by atoms with van der Waals surface area (Å²) in [5.74, 6) is 0. The number of thiophene rings is 1. The molecule has 1 fully saturated rings. The van der Waals surface area contributed by atoms with Crippen LogP contribution in [-0.2, 0) is 4.74 Å². The SMILES string of the molecule is NC(c1ccsc1)C1CCCO1. The summed E-state index contributed by atoms with van der Waals surface area (Å²) in [6, 6.07) is 2.16. The fourth-order valence-electron chi connectivity index (χ4n) is 1.57. The first-order valence-electron chi connectivity index (χ1n) is 4.27. The number of hydrogen-bond acceptors (Lipinski definition) is 3. The van der Waals surface area contributed by atoms with Gasteiger partial charge in [0.15, 0.2) is 0 Å². The van der Waals surface area contributed by atoms with Crippen molar-refractivity contribution in [3.05, 3.63) is 22.4 Å². The number of rotatable bonds is 2. The molecular formula is C9H13NOS.